The molecule has 0 saturated carbocycles. The van der Waals surface area contributed by atoms with E-state index in [0.29, 0.717) is 30.0 Å². The van der Waals surface area contributed by atoms with Crippen LogP contribution in [0.1, 0.15) is 34.7 Å². The molecule has 1 amide bonds. The number of ether oxygens (including phenoxy) is 1. The Morgan fingerprint density at radius 1 is 1.18 bits per heavy atom. The Kier molecular flexibility index (Phi) is 8.23. The van der Waals surface area contributed by atoms with Crippen molar-refractivity contribution in [2.45, 2.75) is 27.2 Å². The highest BCUT2D eigenvalue weighted by Crippen LogP contribution is 2.30. The van der Waals surface area contributed by atoms with Crippen LogP contribution in [0.2, 0.25) is 0 Å². The van der Waals surface area contributed by atoms with Gasteiger partial charge in [0.05, 0.1) is 6.61 Å². The average molecular weight is 554 g/mol. The minimum Gasteiger partial charge on any atom is -0.494 e. The molecule has 6 heteroatoms. The van der Waals surface area contributed by atoms with Gasteiger partial charge in [0.15, 0.2) is 0 Å². The summed E-state index contributed by atoms with van der Waals surface area (Å²) < 4.78 is 20.4. The summed E-state index contributed by atoms with van der Waals surface area (Å²) in [4.78, 5) is 12.8. The summed E-state index contributed by atoms with van der Waals surface area (Å²) in [6.07, 6.45) is 2.06. The average Bonchev–Trinajstić information content (AvgIpc) is 2.76. The first-order chi connectivity index (χ1) is 15.8. The highest BCUT2D eigenvalue weighted by atomic mass is 127. The van der Waals surface area contributed by atoms with Gasteiger partial charge in [-0.15, -0.1) is 0 Å². The van der Waals surface area contributed by atoms with Gasteiger partial charge in [0.2, 0.25) is 0 Å². The zero-order chi connectivity index (χ0) is 24.0. The van der Waals surface area contributed by atoms with Crippen LogP contribution in [-0.2, 0) is 11.2 Å². The number of aryl methyl sites for hydroxylation is 2. The van der Waals surface area contributed by atoms with E-state index >= 15 is 0 Å². The highest BCUT2D eigenvalue weighted by molar-refractivity contribution is 14.1. The van der Waals surface area contributed by atoms with Crippen molar-refractivity contribution in [2.24, 2.45) is 0 Å². The third kappa shape index (κ3) is 6.42. The van der Waals surface area contributed by atoms with Crippen LogP contribution in [0.25, 0.3) is 6.08 Å². The number of anilines is 1. The number of nitriles is 1. The highest BCUT2D eigenvalue weighted by Gasteiger charge is 2.15. The van der Waals surface area contributed by atoms with E-state index in [1.807, 2.05) is 63.2 Å². The second-order valence-corrected chi connectivity index (χ2v) is 8.82. The molecule has 0 aliphatic rings. The molecule has 0 heterocycles. The van der Waals surface area contributed by atoms with Gasteiger partial charge in [0.1, 0.15) is 23.2 Å². The predicted molar refractivity (Wildman–Crippen MR) is 138 cm³/mol. The molecule has 33 heavy (non-hydrogen) atoms. The van der Waals surface area contributed by atoms with Crippen molar-refractivity contribution in [1.29, 1.82) is 5.26 Å². The van der Waals surface area contributed by atoms with Crippen LogP contribution in [-0.4, -0.2) is 12.5 Å². The zero-order valence-electron chi connectivity index (χ0n) is 18.7. The Bertz CT molecular complexity index is 1260. The van der Waals surface area contributed by atoms with E-state index in [0.717, 1.165) is 25.8 Å². The summed E-state index contributed by atoms with van der Waals surface area (Å²) in [6, 6.07) is 17.9. The fourth-order valence-electron chi connectivity index (χ4n) is 3.48. The molecule has 168 valence electrons. The summed E-state index contributed by atoms with van der Waals surface area (Å²) in [5, 5.41) is 12.4. The molecule has 0 spiro atoms. The smallest absolute Gasteiger partial charge is 0.266 e. The number of amides is 1. The van der Waals surface area contributed by atoms with Crippen LogP contribution in [0.4, 0.5) is 10.1 Å². The first-order valence-corrected chi connectivity index (χ1v) is 11.6. The van der Waals surface area contributed by atoms with Crippen LogP contribution >= 0.6 is 22.6 Å². The predicted octanol–water partition coefficient (Wildman–Crippen LogP) is 6.58. The van der Waals surface area contributed by atoms with E-state index in [2.05, 4.69) is 27.9 Å². The maximum Gasteiger partial charge on any atom is 0.266 e. The van der Waals surface area contributed by atoms with Crippen molar-refractivity contribution in [2.75, 3.05) is 11.9 Å². The zero-order valence-corrected chi connectivity index (χ0v) is 20.9. The molecular formula is C27H24FIN2O2. The molecule has 3 rings (SSSR count). The van der Waals surface area contributed by atoms with E-state index < -0.39 is 5.91 Å². The largest absolute Gasteiger partial charge is 0.494 e. The number of halogens is 2. The van der Waals surface area contributed by atoms with Crippen molar-refractivity contribution in [3.05, 3.63) is 97.4 Å². The maximum absolute atomic E-state index is 13.6. The fraction of sp³-hybridized carbons (Fsp3) is 0.185. The third-order valence-electron chi connectivity index (χ3n) is 5.05. The van der Waals surface area contributed by atoms with Crippen LogP contribution in [0.15, 0.2) is 60.2 Å². The maximum atomic E-state index is 13.6. The molecular weight excluding hydrogens is 530 g/mol. The number of carbonyl (C=O) groups excluding carboxylic acids is 1. The van der Waals surface area contributed by atoms with Crippen molar-refractivity contribution < 1.29 is 13.9 Å². The fourth-order valence-corrected chi connectivity index (χ4v) is 4.30. The third-order valence-corrected chi connectivity index (χ3v) is 6.02. The quantitative estimate of drug-likeness (QED) is 0.204. The Labute approximate surface area is 207 Å². The number of carbonyl (C=O) groups is 1. The molecule has 3 aromatic carbocycles. The molecule has 0 aromatic heterocycles. The molecule has 0 radical (unpaired) electrons. The summed E-state index contributed by atoms with van der Waals surface area (Å²) in [5.74, 6) is -0.109. The first kappa shape index (κ1) is 24.5. The Morgan fingerprint density at radius 3 is 2.64 bits per heavy atom. The second kappa shape index (κ2) is 11.1. The van der Waals surface area contributed by atoms with Gasteiger partial charge in [0.25, 0.3) is 5.91 Å². The molecule has 0 fully saturated rings. The molecule has 0 aliphatic heterocycles. The van der Waals surface area contributed by atoms with Gasteiger partial charge in [-0.2, -0.15) is 5.26 Å². The molecule has 0 bridgehead atoms. The van der Waals surface area contributed by atoms with Gasteiger partial charge in [-0.05, 0) is 96.5 Å². The molecule has 0 aliphatic carbocycles. The van der Waals surface area contributed by atoms with Crippen LogP contribution in [0, 0.1) is 34.6 Å². The molecule has 4 nitrogen and oxygen atoms in total. The summed E-state index contributed by atoms with van der Waals surface area (Å²) >= 11 is 2.20. The number of hydrogen-bond acceptors (Lipinski definition) is 3. The number of nitrogens with one attached hydrogen (secondary N) is 1. The van der Waals surface area contributed by atoms with Gasteiger partial charge < -0.3 is 10.1 Å². The van der Waals surface area contributed by atoms with E-state index in [9.17, 15) is 14.4 Å². The van der Waals surface area contributed by atoms with Crippen LogP contribution in [0.5, 0.6) is 5.75 Å². The molecule has 3 aromatic rings. The minimum absolute atomic E-state index is 0.00824. The van der Waals surface area contributed by atoms with Gasteiger partial charge in [-0.3, -0.25) is 4.79 Å². The molecule has 0 atom stereocenters. The second-order valence-electron chi connectivity index (χ2n) is 7.66. The van der Waals surface area contributed by atoms with E-state index in [4.69, 9.17) is 4.74 Å². The lowest BCUT2D eigenvalue weighted by Gasteiger charge is -2.14. The minimum atomic E-state index is -0.471. The Hall–Kier alpha value is -3.18. The van der Waals surface area contributed by atoms with Gasteiger partial charge in [-0.1, -0.05) is 29.8 Å². The van der Waals surface area contributed by atoms with Crippen molar-refractivity contribution in [3.63, 3.8) is 0 Å². The monoisotopic (exact) mass is 554 g/mol. The van der Waals surface area contributed by atoms with E-state index in [1.165, 1.54) is 12.1 Å². The molecule has 1 N–H and O–H groups in total. The number of rotatable bonds is 7. The molecule has 0 unspecified atom stereocenters. The standard InChI is InChI=1S/C27H24FIN2O2/c1-4-33-26-15-20(14-24(29)23(26)13-19-6-5-7-22(28)12-19)11-21(16-30)27(32)31-25-9-8-17(2)10-18(25)3/h5-12,14-15H,4,13H2,1-3H3,(H,31,32)/b21-11+. The molecule has 0 saturated heterocycles. The van der Waals surface area contributed by atoms with Gasteiger partial charge in [0, 0.05) is 21.2 Å². The lowest BCUT2D eigenvalue weighted by Crippen LogP contribution is -2.14. The Morgan fingerprint density at radius 2 is 1.97 bits per heavy atom. The van der Waals surface area contributed by atoms with E-state index in [-0.39, 0.29) is 11.4 Å². The summed E-state index contributed by atoms with van der Waals surface area (Å²) in [5.41, 5.74) is 5.13. The summed E-state index contributed by atoms with van der Waals surface area (Å²) in [6.45, 7) is 6.23. The number of hydrogen-bond donors (Lipinski definition) is 1. The van der Waals surface area contributed by atoms with E-state index in [1.54, 1.807) is 12.1 Å². The first-order valence-electron chi connectivity index (χ1n) is 10.5. The number of nitrogens with zero attached hydrogens (tertiary/aromatic N) is 1. The normalized spacial score (nSPS) is 11.1. The van der Waals surface area contributed by atoms with Crippen LogP contribution < -0.4 is 10.1 Å². The summed E-state index contributed by atoms with van der Waals surface area (Å²) in [7, 11) is 0. The Balaban J connectivity index is 1.92. The van der Waals surface area contributed by atoms with Crippen molar-refractivity contribution in [3.8, 4) is 11.8 Å². The lowest BCUT2D eigenvalue weighted by atomic mass is 10.0. The van der Waals surface area contributed by atoms with Crippen LogP contribution in [0.3, 0.4) is 0 Å². The van der Waals surface area contributed by atoms with Gasteiger partial charge >= 0.3 is 0 Å². The SMILES string of the molecule is CCOc1cc(/C=C(\C#N)C(=O)Nc2ccc(C)cc2C)cc(I)c1Cc1cccc(F)c1. The van der Waals surface area contributed by atoms with Crippen molar-refractivity contribution in [1.82, 2.24) is 0 Å². The van der Waals surface area contributed by atoms with Crippen molar-refractivity contribution >= 4 is 40.3 Å². The topological polar surface area (TPSA) is 62.1 Å². The lowest BCUT2D eigenvalue weighted by molar-refractivity contribution is -0.112. The van der Waals surface area contributed by atoms with Gasteiger partial charge in [-0.25, -0.2) is 4.39 Å². The number of benzene rings is 3.